The van der Waals surface area contributed by atoms with Crippen molar-refractivity contribution in [3.05, 3.63) is 64.9 Å². The molecule has 1 aromatic heterocycles. The molecule has 4 rings (SSSR count). The molecule has 1 atom stereocenters. The van der Waals surface area contributed by atoms with Gasteiger partial charge in [-0.3, -0.25) is 4.79 Å². The molecule has 0 unspecified atom stereocenters. The predicted octanol–water partition coefficient (Wildman–Crippen LogP) is 4.41. The molecule has 2 aromatic carbocycles. The Hall–Kier alpha value is -2.27. The van der Waals surface area contributed by atoms with E-state index in [-0.39, 0.29) is 17.8 Å². The van der Waals surface area contributed by atoms with Gasteiger partial charge < -0.3 is 4.90 Å². The van der Waals surface area contributed by atoms with Gasteiger partial charge in [-0.05, 0) is 49.2 Å². The van der Waals surface area contributed by atoms with E-state index in [2.05, 4.69) is 6.07 Å². The monoisotopic (exact) mass is 326 g/mol. The first kappa shape index (κ1) is 14.3. The molecule has 1 fully saturated rings. The van der Waals surface area contributed by atoms with Crippen molar-refractivity contribution in [2.24, 2.45) is 0 Å². The SMILES string of the molecule is O=C(c1ccc(F)cc1)N1CCC[C@@H]1c1nc2ccccc2s1. The van der Waals surface area contributed by atoms with Crippen molar-refractivity contribution in [3.63, 3.8) is 0 Å². The van der Waals surface area contributed by atoms with Crippen molar-refractivity contribution in [1.82, 2.24) is 9.88 Å². The van der Waals surface area contributed by atoms with Crippen molar-refractivity contribution in [2.75, 3.05) is 6.54 Å². The number of hydrogen-bond acceptors (Lipinski definition) is 3. The van der Waals surface area contributed by atoms with E-state index in [1.165, 1.54) is 12.1 Å². The van der Waals surface area contributed by atoms with E-state index >= 15 is 0 Å². The molecule has 1 aliphatic heterocycles. The third-order valence-corrected chi connectivity index (χ3v) is 5.34. The Morgan fingerprint density at radius 2 is 1.96 bits per heavy atom. The molecule has 0 N–H and O–H groups in total. The highest BCUT2D eigenvalue weighted by molar-refractivity contribution is 7.18. The maximum absolute atomic E-state index is 13.1. The molecule has 116 valence electrons. The summed E-state index contributed by atoms with van der Waals surface area (Å²) in [4.78, 5) is 19.3. The summed E-state index contributed by atoms with van der Waals surface area (Å²) in [6.07, 6.45) is 1.89. The number of rotatable bonds is 2. The van der Waals surface area contributed by atoms with Gasteiger partial charge in [-0.2, -0.15) is 0 Å². The van der Waals surface area contributed by atoms with Crippen molar-refractivity contribution >= 4 is 27.5 Å². The maximum Gasteiger partial charge on any atom is 0.254 e. The number of halogens is 1. The Kier molecular flexibility index (Phi) is 3.58. The first-order valence-electron chi connectivity index (χ1n) is 7.64. The minimum atomic E-state index is -0.328. The molecule has 0 aliphatic carbocycles. The van der Waals surface area contributed by atoms with Crippen LogP contribution < -0.4 is 0 Å². The molecule has 0 bridgehead atoms. The van der Waals surface area contributed by atoms with E-state index in [9.17, 15) is 9.18 Å². The largest absolute Gasteiger partial charge is 0.329 e. The molecule has 23 heavy (non-hydrogen) atoms. The molecule has 3 nitrogen and oxygen atoms in total. The summed E-state index contributed by atoms with van der Waals surface area (Å²) < 4.78 is 14.2. The quantitative estimate of drug-likeness (QED) is 0.699. The third kappa shape index (κ3) is 2.61. The van der Waals surface area contributed by atoms with Crippen LogP contribution in [0.25, 0.3) is 10.2 Å². The third-order valence-electron chi connectivity index (χ3n) is 4.20. The summed E-state index contributed by atoms with van der Waals surface area (Å²) in [5.74, 6) is -0.377. The first-order valence-corrected chi connectivity index (χ1v) is 8.46. The van der Waals surface area contributed by atoms with Crippen LogP contribution in [-0.4, -0.2) is 22.3 Å². The Bertz CT molecular complexity index is 826. The summed E-state index contributed by atoms with van der Waals surface area (Å²) in [5, 5.41) is 0.985. The zero-order chi connectivity index (χ0) is 15.8. The molecule has 1 amide bonds. The van der Waals surface area contributed by atoms with Crippen molar-refractivity contribution < 1.29 is 9.18 Å². The lowest BCUT2D eigenvalue weighted by Gasteiger charge is -2.23. The average Bonchev–Trinajstić information content (AvgIpc) is 3.21. The summed E-state index contributed by atoms with van der Waals surface area (Å²) >= 11 is 1.65. The number of carbonyl (C=O) groups excluding carboxylic acids is 1. The van der Waals surface area contributed by atoms with Crippen LogP contribution in [0.1, 0.15) is 34.2 Å². The van der Waals surface area contributed by atoms with Gasteiger partial charge in [0.1, 0.15) is 10.8 Å². The second kappa shape index (κ2) is 5.74. The maximum atomic E-state index is 13.1. The molecule has 1 aliphatic rings. The molecule has 2 heterocycles. The predicted molar refractivity (Wildman–Crippen MR) is 89.0 cm³/mol. The highest BCUT2D eigenvalue weighted by Gasteiger charge is 2.32. The van der Waals surface area contributed by atoms with E-state index < -0.39 is 0 Å². The topological polar surface area (TPSA) is 33.2 Å². The minimum absolute atomic E-state index is 0.0185. The highest BCUT2D eigenvalue weighted by atomic mass is 32.1. The number of hydrogen-bond donors (Lipinski definition) is 0. The average molecular weight is 326 g/mol. The fraction of sp³-hybridized carbons (Fsp3) is 0.222. The number of benzene rings is 2. The van der Waals surface area contributed by atoms with E-state index in [0.29, 0.717) is 5.56 Å². The number of likely N-dealkylation sites (tertiary alicyclic amines) is 1. The van der Waals surface area contributed by atoms with Gasteiger partial charge in [0.15, 0.2) is 0 Å². The fourth-order valence-corrected chi connectivity index (χ4v) is 4.17. The molecular weight excluding hydrogens is 311 g/mol. The van der Waals surface area contributed by atoms with E-state index in [4.69, 9.17) is 4.98 Å². The minimum Gasteiger partial charge on any atom is -0.329 e. The molecule has 1 saturated heterocycles. The van der Waals surface area contributed by atoms with Gasteiger partial charge in [0.25, 0.3) is 5.91 Å². The van der Waals surface area contributed by atoms with E-state index in [0.717, 1.165) is 34.6 Å². The van der Waals surface area contributed by atoms with Crippen LogP contribution >= 0.6 is 11.3 Å². The molecular formula is C18H15FN2OS. The van der Waals surface area contributed by atoms with Crippen molar-refractivity contribution in [1.29, 1.82) is 0 Å². The van der Waals surface area contributed by atoms with Gasteiger partial charge in [0, 0.05) is 12.1 Å². The Labute approximate surface area is 137 Å². The van der Waals surface area contributed by atoms with Crippen LogP contribution in [0, 0.1) is 5.82 Å². The summed E-state index contributed by atoms with van der Waals surface area (Å²) in [6, 6.07) is 13.8. The zero-order valence-corrected chi connectivity index (χ0v) is 13.2. The lowest BCUT2D eigenvalue weighted by Crippen LogP contribution is -2.30. The van der Waals surface area contributed by atoms with Gasteiger partial charge in [0.05, 0.1) is 16.3 Å². The fourth-order valence-electron chi connectivity index (χ4n) is 3.06. The first-order chi connectivity index (χ1) is 11.2. The van der Waals surface area contributed by atoms with Crippen LogP contribution in [0.4, 0.5) is 4.39 Å². The smallest absolute Gasteiger partial charge is 0.254 e. The lowest BCUT2D eigenvalue weighted by atomic mass is 10.1. The summed E-state index contributed by atoms with van der Waals surface area (Å²) in [5.41, 5.74) is 1.51. The normalized spacial score (nSPS) is 17.8. The van der Waals surface area contributed by atoms with Gasteiger partial charge in [0.2, 0.25) is 0 Å². The number of thiazole rings is 1. The van der Waals surface area contributed by atoms with Crippen LogP contribution in [-0.2, 0) is 0 Å². The standard InChI is InChI=1S/C18H15FN2OS/c19-13-9-7-12(8-10-13)18(22)21-11-3-5-15(21)17-20-14-4-1-2-6-16(14)23-17/h1-2,4,6-10,15H,3,5,11H2/t15-/m1/s1. The number of para-hydroxylation sites is 1. The second-order valence-electron chi connectivity index (χ2n) is 5.68. The second-order valence-corrected chi connectivity index (χ2v) is 6.75. The Morgan fingerprint density at radius 3 is 2.74 bits per heavy atom. The van der Waals surface area contributed by atoms with Gasteiger partial charge in [-0.15, -0.1) is 11.3 Å². The van der Waals surface area contributed by atoms with Crippen molar-refractivity contribution in [2.45, 2.75) is 18.9 Å². The molecule has 0 spiro atoms. The van der Waals surface area contributed by atoms with Gasteiger partial charge in [-0.1, -0.05) is 12.1 Å². The van der Waals surface area contributed by atoms with Crippen LogP contribution in [0.15, 0.2) is 48.5 Å². The summed E-state index contributed by atoms with van der Waals surface area (Å²) in [6.45, 7) is 0.719. The Morgan fingerprint density at radius 1 is 1.17 bits per heavy atom. The summed E-state index contributed by atoms with van der Waals surface area (Å²) in [7, 11) is 0. The molecule has 0 saturated carbocycles. The number of amides is 1. The molecule has 0 radical (unpaired) electrons. The van der Waals surface area contributed by atoms with Crippen LogP contribution in [0.2, 0.25) is 0 Å². The van der Waals surface area contributed by atoms with Gasteiger partial charge in [-0.25, -0.2) is 9.37 Å². The highest BCUT2D eigenvalue weighted by Crippen LogP contribution is 2.37. The van der Waals surface area contributed by atoms with Crippen LogP contribution in [0.3, 0.4) is 0 Å². The molecule has 3 aromatic rings. The molecule has 5 heteroatoms. The number of nitrogens with zero attached hydrogens (tertiary/aromatic N) is 2. The number of fused-ring (bicyclic) bond motifs is 1. The van der Waals surface area contributed by atoms with Gasteiger partial charge >= 0.3 is 0 Å². The van der Waals surface area contributed by atoms with Crippen LogP contribution in [0.5, 0.6) is 0 Å². The Balaban J connectivity index is 1.65. The van der Waals surface area contributed by atoms with E-state index in [1.54, 1.807) is 23.5 Å². The number of carbonyl (C=O) groups is 1. The van der Waals surface area contributed by atoms with E-state index in [1.807, 2.05) is 23.1 Å². The van der Waals surface area contributed by atoms with Crippen molar-refractivity contribution in [3.8, 4) is 0 Å². The lowest BCUT2D eigenvalue weighted by molar-refractivity contribution is 0.0735. The zero-order valence-electron chi connectivity index (χ0n) is 12.4. The number of aromatic nitrogens is 1.